The molecule has 6 heteroatoms. The maximum atomic E-state index is 12.5. The van der Waals surface area contributed by atoms with Gasteiger partial charge in [0.05, 0.1) is 18.3 Å². The number of nitrogens with one attached hydrogen (secondary N) is 2. The van der Waals surface area contributed by atoms with Crippen molar-refractivity contribution in [1.29, 1.82) is 5.26 Å². The summed E-state index contributed by atoms with van der Waals surface area (Å²) < 4.78 is 0. The number of rotatable bonds is 6. The van der Waals surface area contributed by atoms with Crippen LogP contribution in [0.25, 0.3) is 11.4 Å². The number of nitriles is 1. The summed E-state index contributed by atoms with van der Waals surface area (Å²) in [5.41, 5.74) is 2.81. The normalized spacial score (nSPS) is 17.1. The van der Waals surface area contributed by atoms with Crippen LogP contribution in [0, 0.1) is 18.3 Å². The number of amides is 1. The minimum Gasteiger partial charge on any atom is -0.342 e. The Balaban J connectivity index is 1.62. The minimum atomic E-state index is -0.286. The fraction of sp³-hybridized carbons (Fsp3) is 0.476. The summed E-state index contributed by atoms with van der Waals surface area (Å²) in [7, 11) is 0. The van der Waals surface area contributed by atoms with E-state index in [1.54, 1.807) is 4.90 Å². The molecule has 0 unspecified atom stereocenters. The molecular formula is C21H27N5O. The average Bonchev–Trinajstić information content (AvgIpc) is 3.27. The SMILES string of the molecule is Cc1[nH]c(-c2ccccc2)nc1CC(C)(C)NCC(=O)N1CCC[C@H]1C#N. The predicted molar refractivity (Wildman–Crippen MR) is 105 cm³/mol. The largest absolute Gasteiger partial charge is 0.342 e. The van der Waals surface area contributed by atoms with Crippen molar-refractivity contribution in [1.82, 2.24) is 20.2 Å². The number of benzene rings is 1. The van der Waals surface area contributed by atoms with Crippen LogP contribution in [0.3, 0.4) is 0 Å². The first kappa shape index (κ1) is 19.1. The zero-order valence-corrected chi connectivity index (χ0v) is 16.2. The van der Waals surface area contributed by atoms with Crippen LogP contribution < -0.4 is 5.32 Å². The van der Waals surface area contributed by atoms with Gasteiger partial charge in [-0.25, -0.2) is 4.98 Å². The van der Waals surface area contributed by atoms with Crippen LogP contribution in [0.15, 0.2) is 30.3 Å². The van der Waals surface area contributed by atoms with Gasteiger partial charge in [-0.3, -0.25) is 4.79 Å². The number of carbonyl (C=O) groups excluding carboxylic acids is 1. The highest BCUT2D eigenvalue weighted by Gasteiger charge is 2.30. The summed E-state index contributed by atoms with van der Waals surface area (Å²) in [4.78, 5) is 22.3. The van der Waals surface area contributed by atoms with Crippen molar-refractivity contribution < 1.29 is 4.79 Å². The van der Waals surface area contributed by atoms with Gasteiger partial charge in [-0.2, -0.15) is 5.26 Å². The van der Waals surface area contributed by atoms with Crippen LogP contribution in [0.1, 0.15) is 38.1 Å². The lowest BCUT2D eigenvalue weighted by Gasteiger charge is -2.28. The van der Waals surface area contributed by atoms with Gasteiger partial charge in [-0.15, -0.1) is 0 Å². The lowest BCUT2D eigenvalue weighted by Crippen LogP contribution is -2.48. The second kappa shape index (κ2) is 7.93. The van der Waals surface area contributed by atoms with Gasteiger partial charge in [0, 0.05) is 29.8 Å². The molecule has 27 heavy (non-hydrogen) atoms. The molecule has 2 N–H and O–H groups in total. The van der Waals surface area contributed by atoms with Gasteiger partial charge in [-0.1, -0.05) is 30.3 Å². The Bertz CT molecular complexity index is 834. The summed E-state index contributed by atoms with van der Waals surface area (Å²) in [6.45, 7) is 7.08. The van der Waals surface area contributed by atoms with Crippen LogP contribution in [0.5, 0.6) is 0 Å². The molecule has 1 atom stereocenters. The van der Waals surface area contributed by atoms with Crippen LogP contribution >= 0.6 is 0 Å². The number of carbonyl (C=O) groups is 1. The van der Waals surface area contributed by atoms with E-state index in [4.69, 9.17) is 10.2 Å². The molecule has 2 aromatic rings. The number of H-pyrrole nitrogens is 1. The van der Waals surface area contributed by atoms with E-state index in [-0.39, 0.29) is 24.0 Å². The first-order chi connectivity index (χ1) is 12.9. The molecule has 3 rings (SSSR count). The first-order valence-electron chi connectivity index (χ1n) is 9.44. The van der Waals surface area contributed by atoms with E-state index in [0.29, 0.717) is 13.0 Å². The van der Waals surface area contributed by atoms with Gasteiger partial charge in [0.1, 0.15) is 11.9 Å². The second-order valence-electron chi connectivity index (χ2n) is 7.81. The highest BCUT2D eigenvalue weighted by Crippen LogP contribution is 2.21. The van der Waals surface area contributed by atoms with Gasteiger partial charge >= 0.3 is 0 Å². The number of nitrogens with zero attached hydrogens (tertiary/aromatic N) is 3. The molecule has 1 aliphatic heterocycles. The summed E-state index contributed by atoms with van der Waals surface area (Å²) in [6.07, 6.45) is 2.39. The number of hydrogen-bond acceptors (Lipinski definition) is 4. The van der Waals surface area contributed by atoms with Crippen molar-refractivity contribution in [2.24, 2.45) is 0 Å². The molecule has 2 heterocycles. The Morgan fingerprint density at radius 1 is 1.41 bits per heavy atom. The van der Waals surface area contributed by atoms with Crippen LogP contribution in [-0.2, 0) is 11.2 Å². The number of aryl methyl sites for hydroxylation is 1. The molecule has 0 saturated carbocycles. The Kier molecular flexibility index (Phi) is 5.62. The Labute approximate surface area is 160 Å². The number of likely N-dealkylation sites (tertiary alicyclic amines) is 1. The number of aromatic nitrogens is 2. The zero-order chi connectivity index (χ0) is 19.4. The van der Waals surface area contributed by atoms with Gasteiger partial charge in [-0.05, 0) is 33.6 Å². The van der Waals surface area contributed by atoms with Gasteiger partial charge in [0.25, 0.3) is 0 Å². The molecule has 1 saturated heterocycles. The van der Waals surface area contributed by atoms with E-state index >= 15 is 0 Å². The lowest BCUT2D eigenvalue weighted by atomic mass is 9.97. The molecule has 1 aromatic heterocycles. The van der Waals surface area contributed by atoms with E-state index in [1.165, 1.54) is 0 Å². The molecule has 1 amide bonds. The molecule has 0 radical (unpaired) electrons. The van der Waals surface area contributed by atoms with Crippen molar-refractivity contribution in [2.75, 3.05) is 13.1 Å². The van der Waals surface area contributed by atoms with Crippen LogP contribution in [-0.4, -0.2) is 45.4 Å². The Morgan fingerprint density at radius 3 is 2.85 bits per heavy atom. The zero-order valence-electron chi connectivity index (χ0n) is 16.2. The molecular weight excluding hydrogens is 338 g/mol. The topological polar surface area (TPSA) is 84.8 Å². The fourth-order valence-electron chi connectivity index (χ4n) is 3.50. The number of imidazole rings is 1. The summed E-state index contributed by atoms with van der Waals surface area (Å²) in [6, 6.07) is 12.0. The standard InChI is InChI=1S/C21H27N5O/c1-15-18(25-20(24-15)16-8-5-4-6-9-16)12-21(2,3)23-14-19(27)26-11-7-10-17(26)13-22/h4-6,8-9,17,23H,7,10-12,14H2,1-3H3,(H,24,25)/t17-/m0/s1. The van der Waals surface area contributed by atoms with E-state index in [0.717, 1.165) is 35.6 Å². The molecule has 1 aromatic carbocycles. The van der Waals surface area contributed by atoms with E-state index in [9.17, 15) is 4.79 Å². The highest BCUT2D eigenvalue weighted by molar-refractivity contribution is 5.79. The maximum absolute atomic E-state index is 12.5. The smallest absolute Gasteiger partial charge is 0.237 e. The highest BCUT2D eigenvalue weighted by atomic mass is 16.2. The summed E-state index contributed by atoms with van der Waals surface area (Å²) in [5.74, 6) is 0.861. The molecule has 1 aliphatic rings. The van der Waals surface area contributed by atoms with Crippen LogP contribution in [0.2, 0.25) is 0 Å². The lowest BCUT2D eigenvalue weighted by molar-refractivity contribution is -0.130. The number of aromatic amines is 1. The number of hydrogen-bond donors (Lipinski definition) is 2. The Hall–Kier alpha value is -2.65. The van der Waals surface area contributed by atoms with Crippen molar-refractivity contribution >= 4 is 5.91 Å². The molecule has 0 aliphatic carbocycles. The predicted octanol–water partition coefficient (Wildman–Crippen LogP) is 2.81. The van der Waals surface area contributed by atoms with Crippen molar-refractivity contribution in [2.45, 2.75) is 51.6 Å². The summed E-state index contributed by atoms with van der Waals surface area (Å²) in [5, 5.41) is 12.5. The van der Waals surface area contributed by atoms with Gasteiger partial charge < -0.3 is 15.2 Å². The third-order valence-electron chi connectivity index (χ3n) is 5.08. The van der Waals surface area contributed by atoms with Crippen molar-refractivity contribution in [3.05, 3.63) is 41.7 Å². The van der Waals surface area contributed by atoms with E-state index in [1.807, 2.05) is 37.3 Å². The third-order valence-corrected chi connectivity index (χ3v) is 5.08. The molecule has 142 valence electrons. The van der Waals surface area contributed by atoms with Gasteiger partial charge in [0.15, 0.2) is 0 Å². The molecule has 6 nitrogen and oxygen atoms in total. The summed E-state index contributed by atoms with van der Waals surface area (Å²) >= 11 is 0. The van der Waals surface area contributed by atoms with Crippen LogP contribution in [0.4, 0.5) is 0 Å². The van der Waals surface area contributed by atoms with Crippen molar-refractivity contribution in [3.8, 4) is 17.5 Å². The van der Waals surface area contributed by atoms with E-state index in [2.05, 4.69) is 30.2 Å². The molecule has 1 fully saturated rings. The quantitative estimate of drug-likeness (QED) is 0.824. The fourth-order valence-corrected chi connectivity index (χ4v) is 3.50. The minimum absolute atomic E-state index is 0.00384. The monoisotopic (exact) mass is 365 g/mol. The average molecular weight is 365 g/mol. The third kappa shape index (κ3) is 4.55. The Morgan fingerprint density at radius 2 is 2.15 bits per heavy atom. The first-order valence-corrected chi connectivity index (χ1v) is 9.44. The van der Waals surface area contributed by atoms with Gasteiger partial charge in [0.2, 0.25) is 5.91 Å². The van der Waals surface area contributed by atoms with Crippen molar-refractivity contribution in [3.63, 3.8) is 0 Å². The molecule has 0 bridgehead atoms. The maximum Gasteiger partial charge on any atom is 0.237 e. The van der Waals surface area contributed by atoms with E-state index < -0.39 is 0 Å². The second-order valence-corrected chi connectivity index (χ2v) is 7.81. The molecule has 0 spiro atoms.